The summed E-state index contributed by atoms with van der Waals surface area (Å²) in [7, 11) is 0. The fourth-order valence-electron chi connectivity index (χ4n) is 1.24. The van der Waals surface area contributed by atoms with Crippen LogP contribution in [0.1, 0.15) is 0 Å². The number of aromatic nitrogens is 5. The lowest BCUT2D eigenvalue weighted by Crippen LogP contribution is -2.03. The molecule has 0 atom stereocenters. The van der Waals surface area contributed by atoms with Gasteiger partial charge in [0, 0.05) is 6.07 Å². The Kier molecular flexibility index (Phi) is 1.97. The maximum Gasteiger partial charge on any atom is 0.256 e. The van der Waals surface area contributed by atoms with E-state index in [0.717, 1.165) is 0 Å². The molecule has 3 aromatic heterocycles. The average Bonchev–Trinajstić information content (AvgIpc) is 2.87. The van der Waals surface area contributed by atoms with E-state index in [4.69, 9.17) is 16.0 Å². The number of fused-ring (bicyclic) bond motifs is 1. The highest BCUT2D eigenvalue weighted by molar-refractivity contribution is 6.28. The van der Waals surface area contributed by atoms with Gasteiger partial charge in [-0.05, 0) is 17.7 Å². The Hall–Kier alpha value is -2.15. The van der Waals surface area contributed by atoms with E-state index in [1.54, 1.807) is 12.1 Å². The van der Waals surface area contributed by atoms with Crippen LogP contribution in [0.3, 0.4) is 0 Å². The molecule has 8 heteroatoms. The van der Waals surface area contributed by atoms with Gasteiger partial charge in [0.1, 0.15) is 12.7 Å². The smallest absolute Gasteiger partial charge is 0.256 e. The molecular formula is C8H5ClN6O. The first-order chi connectivity index (χ1) is 7.83. The molecule has 0 bridgehead atoms. The van der Waals surface area contributed by atoms with Crippen molar-refractivity contribution >= 4 is 29.2 Å². The van der Waals surface area contributed by atoms with E-state index in [1.807, 2.05) is 0 Å². The highest BCUT2D eigenvalue weighted by Crippen LogP contribution is 2.20. The van der Waals surface area contributed by atoms with Gasteiger partial charge < -0.3 is 4.42 Å². The number of anilines is 2. The first kappa shape index (κ1) is 9.10. The summed E-state index contributed by atoms with van der Waals surface area (Å²) in [6.45, 7) is 0. The van der Waals surface area contributed by atoms with Crippen LogP contribution in [-0.4, -0.2) is 24.6 Å². The van der Waals surface area contributed by atoms with Crippen LogP contribution < -0.4 is 5.32 Å². The van der Waals surface area contributed by atoms with Crippen molar-refractivity contribution in [1.82, 2.24) is 24.6 Å². The highest BCUT2D eigenvalue weighted by atomic mass is 35.5. The van der Waals surface area contributed by atoms with E-state index in [-0.39, 0.29) is 0 Å². The SMILES string of the molecule is Clc1ccc(Nc2ncnc3ncnn23)o1. The molecule has 0 aliphatic rings. The van der Waals surface area contributed by atoms with Crippen molar-refractivity contribution in [3.8, 4) is 0 Å². The second-order valence-electron chi connectivity index (χ2n) is 2.90. The van der Waals surface area contributed by atoms with Gasteiger partial charge in [0.05, 0.1) is 0 Å². The Morgan fingerprint density at radius 1 is 1.19 bits per heavy atom. The summed E-state index contributed by atoms with van der Waals surface area (Å²) in [5.74, 6) is 1.38. The summed E-state index contributed by atoms with van der Waals surface area (Å²) in [6.07, 6.45) is 2.78. The van der Waals surface area contributed by atoms with Crippen molar-refractivity contribution in [3.05, 3.63) is 30.0 Å². The van der Waals surface area contributed by atoms with Gasteiger partial charge in [-0.2, -0.15) is 19.6 Å². The van der Waals surface area contributed by atoms with E-state index in [1.165, 1.54) is 17.2 Å². The predicted molar refractivity (Wildman–Crippen MR) is 55.6 cm³/mol. The molecule has 16 heavy (non-hydrogen) atoms. The van der Waals surface area contributed by atoms with Gasteiger partial charge in [-0.15, -0.1) is 0 Å². The first-order valence-electron chi connectivity index (χ1n) is 4.36. The Labute approximate surface area is 94.1 Å². The van der Waals surface area contributed by atoms with Crippen LogP contribution in [0, 0.1) is 0 Å². The minimum absolute atomic E-state index is 0.298. The zero-order valence-electron chi connectivity index (χ0n) is 7.83. The third-order valence-electron chi connectivity index (χ3n) is 1.89. The monoisotopic (exact) mass is 236 g/mol. The molecule has 0 saturated heterocycles. The number of hydrogen-bond donors (Lipinski definition) is 1. The maximum atomic E-state index is 5.65. The van der Waals surface area contributed by atoms with Crippen molar-refractivity contribution in [3.63, 3.8) is 0 Å². The summed E-state index contributed by atoms with van der Waals surface area (Å²) >= 11 is 5.65. The summed E-state index contributed by atoms with van der Waals surface area (Å²) in [6, 6.07) is 3.32. The minimum Gasteiger partial charge on any atom is -0.429 e. The molecule has 80 valence electrons. The first-order valence-corrected chi connectivity index (χ1v) is 4.74. The molecule has 3 aromatic rings. The number of halogens is 1. The number of nitrogens with one attached hydrogen (secondary N) is 1. The zero-order chi connectivity index (χ0) is 11.0. The lowest BCUT2D eigenvalue weighted by Gasteiger charge is -2.01. The van der Waals surface area contributed by atoms with Crippen LogP contribution in [0.25, 0.3) is 5.78 Å². The molecule has 0 spiro atoms. The summed E-state index contributed by atoms with van der Waals surface area (Å²) < 4.78 is 6.60. The van der Waals surface area contributed by atoms with Gasteiger partial charge in [0.15, 0.2) is 5.22 Å². The maximum absolute atomic E-state index is 5.65. The van der Waals surface area contributed by atoms with Gasteiger partial charge in [0.25, 0.3) is 5.78 Å². The molecule has 1 N–H and O–H groups in total. The molecule has 0 unspecified atom stereocenters. The topological polar surface area (TPSA) is 81.1 Å². The van der Waals surface area contributed by atoms with Crippen LogP contribution in [-0.2, 0) is 0 Å². The average molecular weight is 237 g/mol. The number of nitrogens with zero attached hydrogens (tertiary/aromatic N) is 5. The predicted octanol–water partition coefficient (Wildman–Crippen LogP) is 1.51. The van der Waals surface area contributed by atoms with Crippen LogP contribution in [0.2, 0.25) is 5.22 Å². The Balaban J connectivity index is 2.03. The molecular weight excluding hydrogens is 232 g/mol. The number of rotatable bonds is 2. The Bertz CT molecular complexity index is 632. The van der Waals surface area contributed by atoms with Crippen molar-refractivity contribution < 1.29 is 4.42 Å². The Morgan fingerprint density at radius 3 is 2.88 bits per heavy atom. The molecule has 0 saturated carbocycles. The van der Waals surface area contributed by atoms with Crippen molar-refractivity contribution in [2.75, 3.05) is 5.32 Å². The molecule has 3 heterocycles. The minimum atomic E-state index is 0.298. The van der Waals surface area contributed by atoms with Crippen LogP contribution >= 0.6 is 11.6 Å². The van der Waals surface area contributed by atoms with Gasteiger partial charge >= 0.3 is 0 Å². The second kappa shape index (κ2) is 3.46. The second-order valence-corrected chi connectivity index (χ2v) is 3.27. The van der Waals surface area contributed by atoms with E-state index < -0.39 is 0 Å². The van der Waals surface area contributed by atoms with Crippen LogP contribution in [0.5, 0.6) is 0 Å². The van der Waals surface area contributed by atoms with E-state index >= 15 is 0 Å². The van der Waals surface area contributed by atoms with Crippen molar-refractivity contribution in [1.29, 1.82) is 0 Å². The summed E-state index contributed by atoms with van der Waals surface area (Å²) in [5, 5.41) is 7.17. The molecule has 0 fully saturated rings. The van der Waals surface area contributed by atoms with Gasteiger partial charge in [-0.1, -0.05) is 0 Å². The van der Waals surface area contributed by atoms with Crippen molar-refractivity contribution in [2.45, 2.75) is 0 Å². The van der Waals surface area contributed by atoms with E-state index in [0.29, 0.717) is 22.8 Å². The molecule has 0 radical (unpaired) electrons. The fraction of sp³-hybridized carbons (Fsp3) is 0. The molecule has 0 amide bonds. The van der Waals surface area contributed by atoms with Gasteiger partial charge in [-0.25, -0.2) is 4.98 Å². The van der Waals surface area contributed by atoms with E-state index in [9.17, 15) is 0 Å². The van der Waals surface area contributed by atoms with E-state index in [2.05, 4.69) is 25.4 Å². The zero-order valence-corrected chi connectivity index (χ0v) is 8.59. The van der Waals surface area contributed by atoms with Gasteiger partial charge in [0.2, 0.25) is 11.8 Å². The lowest BCUT2D eigenvalue weighted by molar-refractivity contribution is 0.585. The lowest BCUT2D eigenvalue weighted by atomic mass is 10.6. The third-order valence-corrected chi connectivity index (χ3v) is 2.09. The number of furan rings is 1. The molecule has 0 aliphatic heterocycles. The molecule has 0 aliphatic carbocycles. The fourth-order valence-corrected chi connectivity index (χ4v) is 1.39. The highest BCUT2D eigenvalue weighted by Gasteiger charge is 2.06. The summed E-state index contributed by atoms with van der Waals surface area (Å²) in [4.78, 5) is 11.9. The molecule has 3 rings (SSSR count). The van der Waals surface area contributed by atoms with Crippen LogP contribution in [0.15, 0.2) is 29.2 Å². The van der Waals surface area contributed by atoms with Crippen molar-refractivity contribution in [2.24, 2.45) is 0 Å². The quantitative estimate of drug-likeness (QED) is 0.726. The standard InChI is InChI=1S/C8H5ClN6O/c9-5-1-2-6(16-5)14-8-11-3-10-7-12-4-13-15(7)8/h1-4H,(H,10,11,12,13,14). The Morgan fingerprint density at radius 2 is 2.06 bits per heavy atom. The molecule has 7 nitrogen and oxygen atoms in total. The number of hydrogen-bond acceptors (Lipinski definition) is 6. The third kappa shape index (κ3) is 1.47. The van der Waals surface area contributed by atoms with Crippen LogP contribution in [0.4, 0.5) is 11.8 Å². The largest absolute Gasteiger partial charge is 0.429 e. The normalized spacial score (nSPS) is 10.8. The molecule has 0 aromatic carbocycles. The summed E-state index contributed by atoms with van der Waals surface area (Å²) in [5.41, 5.74) is 0. The van der Waals surface area contributed by atoms with Gasteiger partial charge in [-0.3, -0.25) is 5.32 Å².